The third-order valence-corrected chi connectivity index (χ3v) is 12.0. The summed E-state index contributed by atoms with van der Waals surface area (Å²) in [6.45, 7) is 3.51. The first-order valence-electron chi connectivity index (χ1n) is 25.5. The third kappa shape index (κ3) is 48.0. The fourth-order valence-corrected chi connectivity index (χ4v) is 7.98. The smallest absolute Gasteiger partial charge is 0.457 e. The highest BCUT2D eigenvalue weighted by Crippen LogP contribution is 2.43. The molecule has 0 saturated carbocycles. The first-order chi connectivity index (χ1) is 29.8. The van der Waals surface area contributed by atoms with E-state index in [1.165, 1.54) is 161 Å². The molecule has 3 unspecified atom stereocenters. The Kier molecular flexibility index (Phi) is 47.1. The predicted molar refractivity (Wildman–Crippen MR) is 256 cm³/mol. The molecule has 0 rings (SSSR count). The lowest BCUT2D eigenvalue weighted by atomic mass is 10.0. The summed E-state index contributed by atoms with van der Waals surface area (Å²) < 4.78 is 33.5. The summed E-state index contributed by atoms with van der Waals surface area (Å²) in [5.74, 6) is -0.382. The van der Waals surface area contributed by atoms with Crippen LogP contribution < -0.4 is 0 Å². The van der Waals surface area contributed by atoms with Gasteiger partial charge in [-0.2, -0.15) is 0 Å². The second-order valence-electron chi connectivity index (χ2n) is 17.2. The Balaban J connectivity index is 4.08. The van der Waals surface area contributed by atoms with E-state index in [2.05, 4.69) is 50.3 Å². The number of aliphatic hydroxyl groups excluding tert-OH is 2. The number of carbonyl (C=O) groups excluding carboxylic acids is 1. The van der Waals surface area contributed by atoms with Crippen LogP contribution in [0.5, 0.6) is 0 Å². The van der Waals surface area contributed by atoms with Crippen molar-refractivity contribution >= 4 is 13.8 Å². The van der Waals surface area contributed by atoms with Gasteiger partial charge in [0.05, 0.1) is 26.4 Å². The van der Waals surface area contributed by atoms with Gasteiger partial charge in [0.15, 0.2) is 0 Å². The molecule has 0 bridgehead atoms. The molecule has 0 aromatic rings. The van der Waals surface area contributed by atoms with Gasteiger partial charge in [-0.3, -0.25) is 13.8 Å². The van der Waals surface area contributed by atoms with E-state index in [1.54, 1.807) is 0 Å². The number of aliphatic hydroxyl groups is 2. The Bertz CT molecular complexity index is 1050. The number of phosphoric ester groups is 1. The van der Waals surface area contributed by atoms with E-state index in [4.69, 9.17) is 23.6 Å². The van der Waals surface area contributed by atoms with Crippen molar-refractivity contribution in [2.75, 3.05) is 33.0 Å². The SMILES string of the molecule is CCCCC/C=C\C/C=C\C/C=C\CCCCCCCCCOCC(COP(=O)(O)OCC(O)CO)OC(=O)CCCCCCCCCCCCCCCCCCCCCC. The van der Waals surface area contributed by atoms with Crippen LogP contribution in [0, 0.1) is 0 Å². The molecule has 3 atom stereocenters. The van der Waals surface area contributed by atoms with Crippen molar-refractivity contribution in [1.29, 1.82) is 0 Å². The topological polar surface area (TPSA) is 132 Å². The maximum atomic E-state index is 12.7. The zero-order valence-electron chi connectivity index (χ0n) is 39.6. The van der Waals surface area contributed by atoms with Crippen molar-refractivity contribution in [2.24, 2.45) is 0 Å². The van der Waals surface area contributed by atoms with Crippen LogP contribution in [0.2, 0.25) is 0 Å². The first-order valence-corrected chi connectivity index (χ1v) is 27.0. The monoisotopic (exact) mass is 885 g/mol. The van der Waals surface area contributed by atoms with Crippen molar-refractivity contribution in [3.05, 3.63) is 36.5 Å². The van der Waals surface area contributed by atoms with Crippen LogP contribution in [-0.2, 0) is 27.9 Å². The Labute approximate surface area is 375 Å². The van der Waals surface area contributed by atoms with Gasteiger partial charge in [-0.1, -0.05) is 217 Å². The van der Waals surface area contributed by atoms with Gasteiger partial charge in [0.1, 0.15) is 12.2 Å². The number of hydrogen-bond donors (Lipinski definition) is 3. The van der Waals surface area contributed by atoms with E-state index in [-0.39, 0.29) is 25.6 Å². The van der Waals surface area contributed by atoms with Crippen LogP contribution in [0.3, 0.4) is 0 Å². The van der Waals surface area contributed by atoms with Gasteiger partial charge in [0, 0.05) is 13.0 Å². The molecule has 0 aliphatic carbocycles. The van der Waals surface area contributed by atoms with Crippen LogP contribution in [0.4, 0.5) is 0 Å². The summed E-state index contributed by atoms with van der Waals surface area (Å²) in [6, 6.07) is 0. The maximum absolute atomic E-state index is 12.7. The van der Waals surface area contributed by atoms with Gasteiger partial charge >= 0.3 is 13.8 Å². The molecule has 10 heteroatoms. The van der Waals surface area contributed by atoms with E-state index >= 15 is 0 Å². The molecule has 0 saturated heterocycles. The van der Waals surface area contributed by atoms with E-state index in [0.29, 0.717) is 6.61 Å². The highest BCUT2D eigenvalue weighted by molar-refractivity contribution is 7.47. The summed E-state index contributed by atoms with van der Waals surface area (Å²) in [4.78, 5) is 22.7. The zero-order chi connectivity index (χ0) is 44.6. The van der Waals surface area contributed by atoms with Crippen molar-refractivity contribution in [3.8, 4) is 0 Å². The minimum atomic E-state index is -4.52. The Morgan fingerprint density at radius 1 is 0.508 bits per heavy atom. The minimum absolute atomic E-state index is 0.0454. The van der Waals surface area contributed by atoms with Crippen LogP contribution in [-0.4, -0.2) is 66.3 Å². The number of esters is 1. The molecule has 0 heterocycles. The molecule has 0 amide bonds. The lowest BCUT2D eigenvalue weighted by molar-refractivity contribution is -0.154. The van der Waals surface area contributed by atoms with Gasteiger partial charge in [-0.25, -0.2) is 4.57 Å². The average Bonchev–Trinajstić information content (AvgIpc) is 3.25. The minimum Gasteiger partial charge on any atom is -0.457 e. The average molecular weight is 885 g/mol. The summed E-state index contributed by atoms with van der Waals surface area (Å²) in [5.41, 5.74) is 0. The second kappa shape index (κ2) is 48.1. The number of unbranched alkanes of at least 4 members (excludes halogenated alkanes) is 29. The maximum Gasteiger partial charge on any atom is 0.472 e. The lowest BCUT2D eigenvalue weighted by Gasteiger charge is -2.20. The molecule has 0 fully saturated rings. The summed E-state index contributed by atoms with van der Waals surface area (Å²) in [7, 11) is -4.52. The molecule has 3 N–H and O–H groups in total. The number of rotatable bonds is 49. The molecule has 0 aliphatic heterocycles. The quantitative estimate of drug-likeness (QED) is 0.0236. The predicted octanol–water partition coefficient (Wildman–Crippen LogP) is 14.8. The Hall–Kier alpha value is -1.32. The molecule has 360 valence electrons. The number of phosphoric acid groups is 1. The van der Waals surface area contributed by atoms with Gasteiger partial charge in [0.2, 0.25) is 0 Å². The van der Waals surface area contributed by atoms with Crippen LogP contribution >= 0.6 is 7.82 Å². The number of carbonyl (C=O) groups is 1. The van der Waals surface area contributed by atoms with Crippen molar-refractivity contribution < 1.29 is 43.0 Å². The van der Waals surface area contributed by atoms with Gasteiger partial charge < -0.3 is 24.6 Å². The van der Waals surface area contributed by atoms with Crippen molar-refractivity contribution in [1.82, 2.24) is 0 Å². The lowest BCUT2D eigenvalue weighted by Crippen LogP contribution is -2.29. The van der Waals surface area contributed by atoms with E-state index < -0.39 is 33.2 Å². The molecule has 0 radical (unpaired) electrons. The van der Waals surface area contributed by atoms with Crippen LogP contribution in [0.15, 0.2) is 36.5 Å². The number of ether oxygens (including phenoxy) is 2. The fourth-order valence-electron chi connectivity index (χ4n) is 7.19. The molecule has 0 spiro atoms. The summed E-state index contributed by atoms with van der Waals surface area (Å²) >= 11 is 0. The molecular formula is C51H97O9P. The molecule has 0 aromatic heterocycles. The molecule has 61 heavy (non-hydrogen) atoms. The number of hydrogen-bond acceptors (Lipinski definition) is 8. The highest BCUT2D eigenvalue weighted by atomic mass is 31.2. The van der Waals surface area contributed by atoms with Crippen LogP contribution in [0.25, 0.3) is 0 Å². The van der Waals surface area contributed by atoms with Gasteiger partial charge in [-0.05, 0) is 51.4 Å². The zero-order valence-corrected chi connectivity index (χ0v) is 40.5. The Morgan fingerprint density at radius 3 is 1.36 bits per heavy atom. The summed E-state index contributed by atoms with van der Waals surface area (Å²) in [5, 5.41) is 18.4. The van der Waals surface area contributed by atoms with E-state index in [1.807, 2.05) is 0 Å². The standard InChI is InChI=1S/C51H97O9P/c1-3-5-7-9-11-13-15-17-19-21-23-25-27-29-31-33-35-37-39-41-43-51(54)60-50(48-59-61(55,56)58-46-49(53)45-52)47-57-44-42-40-38-36-34-32-30-28-26-24-22-20-18-16-14-12-10-8-6-4-2/h12,14,18,20,24,26,49-50,52-53H,3-11,13,15-17,19,21-23,25,27-48H2,1-2H3,(H,55,56)/b14-12-,20-18-,26-24-. The van der Waals surface area contributed by atoms with Crippen molar-refractivity contribution in [2.45, 2.75) is 251 Å². The van der Waals surface area contributed by atoms with E-state index in [0.717, 1.165) is 57.8 Å². The number of allylic oxidation sites excluding steroid dienone is 6. The summed E-state index contributed by atoms with van der Waals surface area (Å²) in [6.07, 6.45) is 53.9. The Morgan fingerprint density at radius 2 is 0.885 bits per heavy atom. The normalized spacial score (nSPS) is 14.1. The third-order valence-electron chi connectivity index (χ3n) is 11.1. The van der Waals surface area contributed by atoms with E-state index in [9.17, 15) is 19.4 Å². The molecule has 9 nitrogen and oxygen atoms in total. The largest absolute Gasteiger partial charge is 0.472 e. The van der Waals surface area contributed by atoms with Crippen molar-refractivity contribution in [3.63, 3.8) is 0 Å². The van der Waals surface area contributed by atoms with Crippen LogP contribution in [0.1, 0.15) is 239 Å². The second-order valence-corrected chi connectivity index (χ2v) is 18.6. The fraction of sp³-hybridized carbons (Fsp3) is 0.863. The molecule has 0 aliphatic rings. The first kappa shape index (κ1) is 59.7. The molecular weight excluding hydrogens is 788 g/mol. The highest BCUT2D eigenvalue weighted by Gasteiger charge is 2.26. The van der Waals surface area contributed by atoms with Gasteiger partial charge in [0.25, 0.3) is 0 Å². The molecule has 0 aromatic carbocycles. The van der Waals surface area contributed by atoms with Gasteiger partial charge in [-0.15, -0.1) is 0 Å².